The maximum absolute atomic E-state index is 11.9. The van der Waals surface area contributed by atoms with Gasteiger partial charge in [-0.05, 0) is 19.8 Å². The van der Waals surface area contributed by atoms with Crippen LogP contribution in [0.25, 0.3) is 0 Å². The standard InChI is InChI=1S/C14H17N3O5/c1-7(2)10-5-12(22-17-10)15-11(18)6-20-14(19)13-8(3)16-21-9(13)4/h5,7H,6H2,1-4H3,(H,15,18). The van der Waals surface area contributed by atoms with Crippen molar-refractivity contribution in [2.75, 3.05) is 11.9 Å². The van der Waals surface area contributed by atoms with Crippen molar-refractivity contribution in [2.24, 2.45) is 0 Å². The molecule has 22 heavy (non-hydrogen) atoms. The molecular formula is C14H17N3O5. The molecule has 0 fully saturated rings. The lowest BCUT2D eigenvalue weighted by atomic mass is 10.1. The second kappa shape index (κ2) is 6.42. The Balaban J connectivity index is 1.88. The molecule has 8 heteroatoms. The summed E-state index contributed by atoms with van der Waals surface area (Å²) < 4.78 is 14.8. The lowest BCUT2D eigenvalue weighted by molar-refractivity contribution is -0.119. The fourth-order valence-corrected chi connectivity index (χ4v) is 1.77. The summed E-state index contributed by atoms with van der Waals surface area (Å²) in [7, 11) is 0. The number of aryl methyl sites for hydroxylation is 2. The molecule has 0 unspecified atom stereocenters. The molecule has 0 bridgehead atoms. The molecule has 1 amide bonds. The van der Waals surface area contributed by atoms with Gasteiger partial charge in [0.25, 0.3) is 5.91 Å². The maximum atomic E-state index is 11.9. The van der Waals surface area contributed by atoms with E-state index in [0.29, 0.717) is 11.5 Å². The minimum absolute atomic E-state index is 0.187. The average molecular weight is 307 g/mol. The number of nitrogens with one attached hydrogen (secondary N) is 1. The first kappa shape index (κ1) is 15.7. The highest BCUT2D eigenvalue weighted by Crippen LogP contribution is 2.17. The molecule has 0 aliphatic heterocycles. The Bertz CT molecular complexity index is 667. The maximum Gasteiger partial charge on any atom is 0.344 e. The van der Waals surface area contributed by atoms with Crippen molar-refractivity contribution in [3.63, 3.8) is 0 Å². The van der Waals surface area contributed by atoms with E-state index in [0.717, 1.165) is 5.69 Å². The van der Waals surface area contributed by atoms with Gasteiger partial charge in [-0.2, -0.15) is 0 Å². The van der Waals surface area contributed by atoms with Gasteiger partial charge in [-0.25, -0.2) is 4.79 Å². The molecule has 0 spiro atoms. The predicted octanol–water partition coefficient (Wildman–Crippen LogP) is 2.20. The van der Waals surface area contributed by atoms with E-state index in [2.05, 4.69) is 15.6 Å². The lowest BCUT2D eigenvalue weighted by Gasteiger charge is -2.03. The number of nitrogens with zero attached hydrogens (tertiary/aromatic N) is 2. The lowest BCUT2D eigenvalue weighted by Crippen LogP contribution is -2.21. The van der Waals surface area contributed by atoms with Gasteiger partial charge in [-0.3, -0.25) is 10.1 Å². The Morgan fingerprint density at radius 3 is 2.55 bits per heavy atom. The zero-order chi connectivity index (χ0) is 16.3. The molecular weight excluding hydrogens is 290 g/mol. The predicted molar refractivity (Wildman–Crippen MR) is 75.5 cm³/mol. The number of esters is 1. The van der Waals surface area contributed by atoms with Crippen molar-refractivity contribution in [3.05, 3.63) is 28.8 Å². The second-order valence-corrected chi connectivity index (χ2v) is 5.09. The topological polar surface area (TPSA) is 107 Å². The van der Waals surface area contributed by atoms with Crippen molar-refractivity contribution < 1.29 is 23.4 Å². The molecule has 2 aromatic heterocycles. The highest BCUT2D eigenvalue weighted by Gasteiger charge is 2.20. The van der Waals surface area contributed by atoms with Gasteiger partial charge in [0.05, 0.1) is 11.4 Å². The van der Waals surface area contributed by atoms with E-state index < -0.39 is 18.5 Å². The third-order valence-electron chi connectivity index (χ3n) is 2.95. The normalized spacial score (nSPS) is 10.8. The monoisotopic (exact) mass is 307 g/mol. The molecule has 0 aliphatic carbocycles. The van der Waals surface area contributed by atoms with Gasteiger partial charge in [0.1, 0.15) is 11.3 Å². The fraction of sp³-hybridized carbons (Fsp3) is 0.429. The Labute approximate surface area is 126 Å². The summed E-state index contributed by atoms with van der Waals surface area (Å²) in [4.78, 5) is 23.6. The summed E-state index contributed by atoms with van der Waals surface area (Å²) in [6.45, 7) is 6.68. The van der Waals surface area contributed by atoms with E-state index in [-0.39, 0.29) is 17.4 Å². The van der Waals surface area contributed by atoms with Crippen molar-refractivity contribution in [3.8, 4) is 0 Å². The fourth-order valence-electron chi connectivity index (χ4n) is 1.77. The summed E-state index contributed by atoms with van der Waals surface area (Å²) in [5.74, 6) is -0.438. The number of carbonyl (C=O) groups excluding carboxylic acids is 2. The Morgan fingerprint density at radius 1 is 1.27 bits per heavy atom. The van der Waals surface area contributed by atoms with Gasteiger partial charge >= 0.3 is 5.97 Å². The average Bonchev–Trinajstić information content (AvgIpc) is 3.04. The van der Waals surface area contributed by atoms with Crippen molar-refractivity contribution >= 4 is 17.8 Å². The van der Waals surface area contributed by atoms with Crippen molar-refractivity contribution in [1.82, 2.24) is 10.3 Å². The van der Waals surface area contributed by atoms with Crippen molar-refractivity contribution in [1.29, 1.82) is 0 Å². The van der Waals surface area contributed by atoms with Crippen molar-refractivity contribution in [2.45, 2.75) is 33.6 Å². The number of rotatable bonds is 5. The summed E-state index contributed by atoms with van der Waals surface area (Å²) in [5, 5.41) is 9.92. The SMILES string of the molecule is Cc1noc(C)c1C(=O)OCC(=O)Nc1cc(C(C)C)no1. The number of amides is 1. The van der Waals surface area contributed by atoms with Crippen LogP contribution in [0.2, 0.25) is 0 Å². The number of ether oxygens (including phenoxy) is 1. The Morgan fingerprint density at radius 2 is 2.00 bits per heavy atom. The summed E-state index contributed by atoms with van der Waals surface area (Å²) in [5.41, 5.74) is 1.37. The van der Waals surface area contributed by atoms with Crippen LogP contribution >= 0.6 is 0 Å². The highest BCUT2D eigenvalue weighted by molar-refractivity contribution is 5.95. The molecule has 0 radical (unpaired) electrons. The van der Waals surface area contributed by atoms with Crippen LogP contribution in [-0.2, 0) is 9.53 Å². The number of aromatic nitrogens is 2. The van der Waals surface area contributed by atoms with E-state index in [4.69, 9.17) is 13.8 Å². The van der Waals surface area contributed by atoms with Gasteiger partial charge in [-0.15, -0.1) is 0 Å². The molecule has 0 aliphatic rings. The molecule has 0 atom stereocenters. The molecule has 1 N–H and O–H groups in total. The molecule has 8 nitrogen and oxygen atoms in total. The third-order valence-corrected chi connectivity index (χ3v) is 2.95. The molecule has 2 rings (SSSR count). The molecule has 0 aromatic carbocycles. The van der Waals surface area contributed by atoms with Crippen LogP contribution in [0.15, 0.2) is 15.1 Å². The number of anilines is 1. The zero-order valence-electron chi connectivity index (χ0n) is 12.8. The van der Waals surface area contributed by atoms with Gasteiger partial charge in [-0.1, -0.05) is 24.2 Å². The zero-order valence-corrected chi connectivity index (χ0v) is 12.8. The highest BCUT2D eigenvalue weighted by atomic mass is 16.5. The Kier molecular flexibility index (Phi) is 4.59. The largest absolute Gasteiger partial charge is 0.452 e. The van der Waals surface area contributed by atoms with Crippen LogP contribution in [0.4, 0.5) is 5.88 Å². The van der Waals surface area contributed by atoms with Crippen LogP contribution in [0, 0.1) is 13.8 Å². The minimum Gasteiger partial charge on any atom is -0.452 e. The van der Waals surface area contributed by atoms with E-state index in [1.165, 1.54) is 0 Å². The van der Waals surface area contributed by atoms with Gasteiger partial charge in [0, 0.05) is 6.07 Å². The van der Waals surface area contributed by atoms with Crippen LogP contribution in [-0.4, -0.2) is 28.8 Å². The van der Waals surface area contributed by atoms with Crippen LogP contribution in [0.5, 0.6) is 0 Å². The van der Waals surface area contributed by atoms with Gasteiger partial charge < -0.3 is 13.8 Å². The van der Waals surface area contributed by atoms with Gasteiger partial charge in [0.2, 0.25) is 5.88 Å². The smallest absolute Gasteiger partial charge is 0.344 e. The van der Waals surface area contributed by atoms with Crippen LogP contribution in [0.3, 0.4) is 0 Å². The minimum atomic E-state index is -0.660. The third kappa shape index (κ3) is 3.51. The number of hydrogen-bond donors (Lipinski definition) is 1. The number of carbonyl (C=O) groups is 2. The first-order valence-corrected chi connectivity index (χ1v) is 6.75. The van der Waals surface area contributed by atoms with E-state index in [1.807, 2.05) is 13.8 Å². The van der Waals surface area contributed by atoms with Crippen LogP contribution in [0.1, 0.15) is 47.3 Å². The second-order valence-electron chi connectivity index (χ2n) is 5.09. The van der Waals surface area contributed by atoms with Gasteiger partial charge in [0.15, 0.2) is 6.61 Å². The van der Waals surface area contributed by atoms with E-state index >= 15 is 0 Å². The first-order valence-electron chi connectivity index (χ1n) is 6.75. The Hall–Kier alpha value is -2.64. The molecule has 118 valence electrons. The van der Waals surface area contributed by atoms with E-state index in [9.17, 15) is 9.59 Å². The molecule has 0 saturated heterocycles. The summed E-state index contributed by atoms with van der Waals surface area (Å²) >= 11 is 0. The summed E-state index contributed by atoms with van der Waals surface area (Å²) in [6.07, 6.45) is 0. The quantitative estimate of drug-likeness (QED) is 0.843. The first-order chi connectivity index (χ1) is 10.4. The van der Waals surface area contributed by atoms with Crippen LogP contribution < -0.4 is 5.32 Å². The number of hydrogen-bond acceptors (Lipinski definition) is 7. The van der Waals surface area contributed by atoms with E-state index in [1.54, 1.807) is 19.9 Å². The molecule has 0 saturated carbocycles. The molecule has 2 heterocycles. The molecule has 2 aromatic rings. The summed E-state index contributed by atoms with van der Waals surface area (Å²) in [6, 6.07) is 1.62.